The van der Waals surface area contributed by atoms with Crippen molar-refractivity contribution < 1.29 is 14.2 Å². The van der Waals surface area contributed by atoms with E-state index in [1.165, 1.54) is 0 Å². The van der Waals surface area contributed by atoms with Gasteiger partial charge in [0.25, 0.3) is 0 Å². The predicted molar refractivity (Wildman–Crippen MR) is 138 cm³/mol. The number of benzene rings is 3. The Hall–Kier alpha value is -3.78. The van der Waals surface area contributed by atoms with Gasteiger partial charge in [-0.1, -0.05) is 91.0 Å². The molecule has 0 bridgehead atoms. The van der Waals surface area contributed by atoms with Gasteiger partial charge in [-0.25, -0.2) is 5.43 Å². The molecule has 1 unspecified atom stereocenters. The summed E-state index contributed by atoms with van der Waals surface area (Å²) in [5.41, 5.74) is 9.46. The lowest BCUT2D eigenvalue weighted by Gasteiger charge is -2.37. The predicted octanol–water partition coefficient (Wildman–Crippen LogP) is 4.92. The van der Waals surface area contributed by atoms with Gasteiger partial charge in [0.2, 0.25) is 5.88 Å². The van der Waals surface area contributed by atoms with E-state index in [9.17, 15) is 0 Å². The topological polar surface area (TPSA) is 77.5 Å². The second kappa shape index (κ2) is 10.5. The minimum atomic E-state index is -0.673. The fourth-order valence-corrected chi connectivity index (χ4v) is 4.43. The molecule has 0 amide bonds. The second-order valence-corrected chi connectivity index (χ2v) is 9.12. The molecule has 2 N–H and O–H groups in total. The van der Waals surface area contributed by atoms with E-state index in [1.807, 2.05) is 74.5 Å². The number of nitrogens with one attached hydrogen (secondary N) is 2. The van der Waals surface area contributed by atoms with Gasteiger partial charge < -0.3 is 19.6 Å². The molecule has 0 radical (unpaired) electrons. The van der Waals surface area contributed by atoms with E-state index in [1.54, 1.807) is 6.07 Å². The minimum absolute atomic E-state index is 0.135. The van der Waals surface area contributed by atoms with Gasteiger partial charge in [0.15, 0.2) is 11.6 Å². The van der Waals surface area contributed by atoms with Crippen LogP contribution in [0.2, 0.25) is 0 Å². The molecule has 3 aromatic carbocycles. The molecule has 0 saturated carbocycles. The third-order valence-corrected chi connectivity index (χ3v) is 6.12. The molecule has 36 heavy (non-hydrogen) atoms. The Bertz CT molecular complexity index is 1140. The first kappa shape index (κ1) is 23.9. The fraction of sp³-hybridized carbons (Fsp3) is 0.241. The van der Waals surface area contributed by atoms with E-state index >= 15 is 0 Å². The van der Waals surface area contributed by atoms with Gasteiger partial charge >= 0.3 is 0 Å². The SMILES string of the molecule is CC1(C)OCC(COc2ccc(NNC(c3ccccc3)(c3ccccc3)c3ccccc3)nn2)O1. The zero-order valence-electron chi connectivity index (χ0n) is 20.4. The van der Waals surface area contributed by atoms with Crippen LogP contribution < -0.4 is 15.6 Å². The number of ether oxygens (including phenoxy) is 3. The first-order chi connectivity index (χ1) is 17.6. The van der Waals surface area contributed by atoms with Crippen LogP contribution in [0.4, 0.5) is 5.82 Å². The van der Waals surface area contributed by atoms with Crippen molar-refractivity contribution in [1.82, 2.24) is 15.6 Å². The molecule has 0 aliphatic carbocycles. The Labute approximate surface area is 211 Å². The van der Waals surface area contributed by atoms with Crippen LogP contribution >= 0.6 is 0 Å². The summed E-state index contributed by atoms with van der Waals surface area (Å²) < 4.78 is 17.1. The average Bonchev–Trinajstić information content (AvgIpc) is 3.29. The summed E-state index contributed by atoms with van der Waals surface area (Å²) in [5, 5.41) is 8.54. The van der Waals surface area contributed by atoms with Crippen molar-refractivity contribution in [3.8, 4) is 5.88 Å². The molecule has 5 rings (SSSR count). The third-order valence-electron chi connectivity index (χ3n) is 6.12. The van der Waals surface area contributed by atoms with Crippen LogP contribution in [-0.4, -0.2) is 35.3 Å². The van der Waals surface area contributed by atoms with Crippen molar-refractivity contribution in [3.63, 3.8) is 0 Å². The summed E-state index contributed by atoms with van der Waals surface area (Å²) in [5.74, 6) is 0.410. The highest BCUT2D eigenvalue weighted by Gasteiger charge is 2.36. The van der Waals surface area contributed by atoms with Gasteiger partial charge in [0.1, 0.15) is 18.2 Å². The third kappa shape index (κ3) is 5.23. The number of aromatic nitrogens is 2. The van der Waals surface area contributed by atoms with Crippen LogP contribution in [0.15, 0.2) is 103 Å². The highest BCUT2D eigenvalue weighted by Crippen LogP contribution is 2.36. The van der Waals surface area contributed by atoms with Gasteiger partial charge in [-0.2, -0.15) is 0 Å². The van der Waals surface area contributed by atoms with E-state index < -0.39 is 11.3 Å². The summed E-state index contributed by atoms with van der Waals surface area (Å²) in [7, 11) is 0. The van der Waals surface area contributed by atoms with Gasteiger partial charge in [-0.05, 0) is 36.6 Å². The number of anilines is 1. The Morgan fingerprint density at radius 2 is 1.36 bits per heavy atom. The van der Waals surface area contributed by atoms with Crippen molar-refractivity contribution in [3.05, 3.63) is 120 Å². The summed E-state index contributed by atoms with van der Waals surface area (Å²) in [4.78, 5) is 0. The molecular formula is C29H30N4O3. The van der Waals surface area contributed by atoms with E-state index in [2.05, 4.69) is 57.4 Å². The first-order valence-corrected chi connectivity index (χ1v) is 12.0. The number of rotatable bonds is 9. The largest absolute Gasteiger partial charge is 0.474 e. The Morgan fingerprint density at radius 1 is 0.806 bits per heavy atom. The van der Waals surface area contributed by atoms with Crippen molar-refractivity contribution in [2.45, 2.75) is 31.3 Å². The van der Waals surface area contributed by atoms with Crippen LogP contribution in [-0.2, 0) is 15.0 Å². The van der Waals surface area contributed by atoms with Crippen LogP contribution in [0.1, 0.15) is 30.5 Å². The fourth-order valence-electron chi connectivity index (χ4n) is 4.43. The molecular weight excluding hydrogens is 452 g/mol. The summed E-state index contributed by atoms with van der Waals surface area (Å²) in [6.07, 6.45) is -0.135. The summed E-state index contributed by atoms with van der Waals surface area (Å²) in [6.45, 7) is 4.62. The number of nitrogens with zero attached hydrogens (tertiary/aromatic N) is 2. The molecule has 1 atom stereocenters. The smallest absolute Gasteiger partial charge is 0.233 e. The molecule has 1 aromatic heterocycles. The number of hydrazine groups is 1. The maximum absolute atomic E-state index is 5.78. The van der Waals surface area contributed by atoms with Crippen molar-refractivity contribution in [1.29, 1.82) is 0 Å². The molecule has 0 spiro atoms. The van der Waals surface area contributed by atoms with Gasteiger partial charge in [0, 0.05) is 6.07 Å². The normalized spacial score (nSPS) is 17.0. The number of hydrogen-bond donors (Lipinski definition) is 2. The van der Waals surface area contributed by atoms with Crippen molar-refractivity contribution in [2.75, 3.05) is 18.6 Å². The van der Waals surface area contributed by atoms with E-state index in [0.29, 0.717) is 24.9 Å². The lowest BCUT2D eigenvalue weighted by molar-refractivity contribution is -0.141. The van der Waals surface area contributed by atoms with Gasteiger partial charge in [-0.15, -0.1) is 10.2 Å². The van der Waals surface area contributed by atoms with Gasteiger partial charge in [0.05, 0.1) is 6.61 Å². The zero-order chi connectivity index (χ0) is 24.8. The zero-order valence-corrected chi connectivity index (χ0v) is 20.4. The molecule has 1 aliphatic rings. The lowest BCUT2D eigenvalue weighted by Crippen LogP contribution is -2.47. The second-order valence-electron chi connectivity index (χ2n) is 9.12. The highest BCUT2D eigenvalue weighted by atomic mass is 16.7. The van der Waals surface area contributed by atoms with Crippen molar-refractivity contribution >= 4 is 5.82 Å². The summed E-state index contributed by atoms with van der Waals surface area (Å²) >= 11 is 0. The quantitative estimate of drug-likeness (QED) is 0.259. The first-order valence-electron chi connectivity index (χ1n) is 12.0. The molecule has 1 aliphatic heterocycles. The molecule has 1 saturated heterocycles. The molecule has 184 valence electrons. The highest BCUT2D eigenvalue weighted by molar-refractivity contribution is 5.50. The van der Waals surface area contributed by atoms with E-state index in [-0.39, 0.29) is 6.10 Å². The molecule has 7 nitrogen and oxygen atoms in total. The Balaban J connectivity index is 1.37. The van der Waals surface area contributed by atoms with Crippen LogP contribution in [0.3, 0.4) is 0 Å². The Kier molecular flexibility index (Phi) is 6.95. The maximum Gasteiger partial charge on any atom is 0.233 e. The van der Waals surface area contributed by atoms with Crippen LogP contribution in [0, 0.1) is 0 Å². The van der Waals surface area contributed by atoms with Crippen molar-refractivity contribution in [2.24, 2.45) is 0 Å². The van der Waals surface area contributed by atoms with E-state index in [0.717, 1.165) is 16.7 Å². The molecule has 2 heterocycles. The Morgan fingerprint density at radius 3 is 1.81 bits per heavy atom. The average molecular weight is 483 g/mol. The molecule has 1 fully saturated rings. The van der Waals surface area contributed by atoms with Gasteiger partial charge in [-0.3, -0.25) is 0 Å². The molecule has 7 heteroatoms. The van der Waals surface area contributed by atoms with E-state index in [4.69, 9.17) is 14.2 Å². The molecule has 4 aromatic rings. The summed E-state index contributed by atoms with van der Waals surface area (Å²) in [6, 6.07) is 34.7. The lowest BCUT2D eigenvalue weighted by atomic mass is 9.77. The van der Waals surface area contributed by atoms with Crippen LogP contribution in [0.25, 0.3) is 0 Å². The number of hydrogen-bond acceptors (Lipinski definition) is 7. The van der Waals surface area contributed by atoms with Crippen LogP contribution in [0.5, 0.6) is 5.88 Å². The standard InChI is InChI=1S/C29H30N4O3/c1-28(2)35-21-25(36-28)20-34-27-19-18-26(30-32-27)31-33-29(22-12-6-3-7-13-22,23-14-8-4-9-15-23)24-16-10-5-11-17-24/h3-19,25,33H,20-21H2,1-2H3,(H,30,31). The monoisotopic (exact) mass is 482 g/mol. The minimum Gasteiger partial charge on any atom is -0.474 e. The maximum atomic E-state index is 5.78.